The summed E-state index contributed by atoms with van der Waals surface area (Å²) in [4.78, 5) is 16.7. The molecule has 0 bridgehead atoms. The summed E-state index contributed by atoms with van der Waals surface area (Å²) in [5.41, 5.74) is 1.44. The zero-order valence-corrected chi connectivity index (χ0v) is 16.2. The number of carbonyl (C=O) groups is 1. The fraction of sp³-hybridized carbons (Fsp3) is 0.316. The van der Waals surface area contributed by atoms with Gasteiger partial charge < -0.3 is 19.3 Å². The van der Waals surface area contributed by atoms with Gasteiger partial charge in [0.2, 0.25) is 0 Å². The molecule has 1 aliphatic heterocycles. The van der Waals surface area contributed by atoms with E-state index >= 15 is 0 Å². The van der Waals surface area contributed by atoms with Gasteiger partial charge in [0.25, 0.3) is 5.91 Å². The van der Waals surface area contributed by atoms with Crippen LogP contribution in [0.2, 0.25) is 10.0 Å². The highest BCUT2D eigenvalue weighted by Gasteiger charge is 2.25. The van der Waals surface area contributed by atoms with Gasteiger partial charge in [-0.2, -0.15) is 0 Å². The Labute approximate surface area is 163 Å². The topological polar surface area (TPSA) is 42.0 Å². The molecule has 1 amide bonds. The van der Waals surface area contributed by atoms with Crippen LogP contribution in [0.1, 0.15) is 10.4 Å². The van der Waals surface area contributed by atoms with Gasteiger partial charge in [-0.15, -0.1) is 0 Å². The van der Waals surface area contributed by atoms with Gasteiger partial charge in [0.05, 0.1) is 35.5 Å². The van der Waals surface area contributed by atoms with Gasteiger partial charge in [-0.25, -0.2) is 0 Å². The number of amides is 1. The number of rotatable bonds is 4. The van der Waals surface area contributed by atoms with Crippen LogP contribution in [-0.2, 0) is 0 Å². The van der Waals surface area contributed by atoms with Crippen molar-refractivity contribution in [3.05, 3.63) is 52.0 Å². The highest BCUT2D eigenvalue weighted by atomic mass is 35.5. The normalized spacial score (nSPS) is 14.3. The van der Waals surface area contributed by atoms with Crippen molar-refractivity contribution in [3.8, 4) is 11.5 Å². The maximum Gasteiger partial charge on any atom is 0.255 e. The second kappa shape index (κ2) is 8.06. The number of methoxy groups -OCH3 is 2. The summed E-state index contributed by atoms with van der Waals surface area (Å²) in [6.07, 6.45) is 0. The molecule has 0 N–H and O–H groups in total. The first-order valence-corrected chi connectivity index (χ1v) is 9.01. The molecule has 3 rings (SSSR count). The molecule has 2 aromatic rings. The lowest BCUT2D eigenvalue weighted by Crippen LogP contribution is -2.49. The first-order chi connectivity index (χ1) is 12.5. The molecular weight excluding hydrogens is 375 g/mol. The molecule has 26 heavy (non-hydrogen) atoms. The molecule has 0 saturated carbocycles. The van der Waals surface area contributed by atoms with E-state index in [1.54, 1.807) is 32.4 Å². The van der Waals surface area contributed by atoms with Gasteiger partial charge in [-0.1, -0.05) is 35.3 Å². The highest BCUT2D eigenvalue weighted by Crippen LogP contribution is 2.38. The number of benzene rings is 2. The second-order valence-corrected chi connectivity index (χ2v) is 6.73. The highest BCUT2D eigenvalue weighted by molar-refractivity contribution is 6.33. The minimum atomic E-state index is -0.0455. The van der Waals surface area contributed by atoms with Crippen LogP contribution in [0, 0.1) is 0 Å². The Morgan fingerprint density at radius 1 is 0.923 bits per heavy atom. The van der Waals surface area contributed by atoms with Gasteiger partial charge in [0.1, 0.15) is 11.5 Å². The van der Waals surface area contributed by atoms with Crippen LogP contribution >= 0.6 is 23.2 Å². The lowest BCUT2D eigenvalue weighted by molar-refractivity contribution is 0.0747. The van der Waals surface area contributed by atoms with E-state index in [2.05, 4.69) is 4.90 Å². The molecule has 1 heterocycles. The van der Waals surface area contributed by atoms with Crippen LogP contribution in [-0.4, -0.2) is 51.2 Å². The van der Waals surface area contributed by atoms with Gasteiger partial charge in [0.15, 0.2) is 0 Å². The Balaban J connectivity index is 1.75. The van der Waals surface area contributed by atoms with Crippen molar-refractivity contribution in [2.24, 2.45) is 0 Å². The number of halogens is 2. The fourth-order valence-electron chi connectivity index (χ4n) is 3.05. The van der Waals surface area contributed by atoms with Gasteiger partial charge in [-0.05, 0) is 12.1 Å². The Morgan fingerprint density at radius 2 is 1.58 bits per heavy atom. The van der Waals surface area contributed by atoms with E-state index in [0.717, 1.165) is 5.69 Å². The summed E-state index contributed by atoms with van der Waals surface area (Å²) in [5, 5.41) is 0.977. The van der Waals surface area contributed by atoms with Crippen molar-refractivity contribution in [1.82, 2.24) is 4.90 Å². The molecule has 0 unspecified atom stereocenters. The number of anilines is 1. The number of carbonyl (C=O) groups excluding carboxylic acids is 1. The van der Waals surface area contributed by atoms with E-state index in [1.165, 1.54) is 0 Å². The summed E-state index contributed by atoms with van der Waals surface area (Å²) in [5.74, 6) is 1.23. The average Bonchev–Trinajstić information content (AvgIpc) is 2.67. The smallest absolute Gasteiger partial charge is 0.255 e. The summed E-state index contributed by atoms with van der Waals surface area (Å²) in [6, 6.07) is 10.7. The van der Waals surface area contributed by atoms with Crippen molar-refractivity contribution in [2.45, 2.75) is 0 Å². The Morgan fingerprint density at radius 3 is 2.19 bits per heavy atom. The van der Waals surface area contributed by atoms with Crippen molar-refractivity contribution >= 4 is 34.8 Å². The van der Waals surface area contributed by atoms with Gasteiger partial charge in [-0.3, -0.25) is 4.79 Å². The van der Waals surface area contributed by atoms with E-state index in [0.29, 0.717) is 53.3 Å². The van der Waals surface area contributed by atoms with Gasteiger partial charge >= 0.3 is 0 Å². The molecule has 0 aromatic heterocycles. The third kappa shape index (κ3) is 3.69. The minimum absolute atomic E-state index is 0.0455. The molecule has 0 spiro atoms. The van der Waals surface area contributed by atoms with Crippen molar-refractivity contribution in [2.75, 3.05) is 45.3 Å². The van der Waals surface area contributed by atoms with Gasteiger partial charge in [0, 0.05) is 38.3 Å². The fourth-order valence-corrected chi connectivity index (χ4v) is 3.49. The first-order valence-electron chi connectivity index (χ1n) is 8.25. The summed E-state index contributed by atoms with van der Waals surface area (Å²) in [6.45, 7) is 2.55. The Kier molecular flexibility index (Phi) is 5.79. The van der Waals surface area contributed by atoms with E-state index in [9.17, 15) is 4.79 Å². The summed E-state index contributed by atoms with van der Waals surface area (Å²) >= 11 is 12.3. The molecule has 7 heteroatoms. The van der Waals surface area contributed by atoms with Crippen molar-refractivity contribution in [1.29, 1.82) is 0 Å². The average molecular weight is 395 g/mol. The third-order valence-corrected chi connectivity index (χ3v) is 5.09. The Hall–Kier alpha value is -2.11. The molecule has 5 nitrogen and oxygen atoms in total. The van der Waals surface area contributed by atoms with Crippen molar-refractivity contribution < 1.29 is 14.3 Å². The number of piperazine rings is 1. The third-order valence-electron chi connectivity index (χ3n) is 4.47. The maximum absolute atomic E-state index is 12.7. The monoisotopic (exact) mass is 394 g/mol. The predicted molar refractivity (Wildman–Crippen MR) is 104 cm³/mol. The van der Waals surface area contributed by atoms with Crippen LogP contribution in [0.25, 0.3) is 0 Å². The Bertz CT molecular complexity index is 805. The number of hydrogen-bond acceptors (Lipinski definition) is 4. The molecule has 0 aliphatic carbocycles. The molecular formula is C19H20Cl2N2O3. The second-order valence-electron chi connectivity index (χ2n) is 5.92. The van der Waals surface area contributed by atoms with Crippen LogP contribution in [0.3, 0.4) is 0 Å². The minimum Gasteiger partial charge on any atom is -0.495 e. The summed E-state index contributed by atoms with van der Waals surface area (Å²) in [7, 11) is 3.19. The number of nitrogens with zero attached hydrogens (tertiary/aromatic N) is 2. The lowest BCUT2D eigenvalue weighted by atomic mass is 10.1. The molecule has 1 fully saturated rings. The molecule has 0 atom stereocenters. The molecule has 1 aliphatic rings. The van der Waals surface area contributed by atoms with E-state index < -0.39 is 0 Å². The van der Waals surface area contributed by atoms with Crippen LogP contribution < -0.4 is 14.4 Å². The van der Waals surface area contributed by atoms with Crippen molar-refractivity contribution in [3.63, 3.8) is 0 Å². The van der Waals surface area contributed by atoms with Crippen LogP contribution in [0.4, 0.5) is 5.69 Å². The quantitative estimate of drug-likeness (QED) is 0.786. The number of ether oxygens (including phenoxy) is 2. The summed E-state index contributed by atoms with van der Waals surface area (Å²) < 4.78 is 10.8. The van der Waals surface area contributed by atoms with E-state index in [-0.39, 0.29) is 5.91 Å². The van der Waals surface area contributed by atoms with E-state index in [4.69, 9.17) is 32.7 Å². The predicted octanol–water partition coefficient (Wildman–Crippen LogP) is 3.97. The largest absolute Gasteiger partial charge is 0.495 e. The maximum atomic E-state index is 12.7. The molecule has 0 radical (unpaired) electrons. The van der Waals surface area contributed by atoms with Crippen LogP contribution in [0.5, 0.6) is 11.5 Å². The number of hydrogen-bond donors (Lipinski definition) is 0. The SMILES string of the molecule is COc1cc(N2CCN(C(=O)c3ccccc3Cl)CC2)c(OC)cc1Cl. The zero-order valence-electron chi connectivity index (χ0n) is 14.7. The molecule has 1 saturated heterocycles. The van der Waals surface area contributed by atoms with E-state index in [1.807, 2.05) is 23.1 Å². The molecule has 138 valence electrons. The standard InChI is InChI=1S/C19H20Cl2N2O3/c1-25-17-12-16(18(26-2)11-15(17)21)22-7-9-23(10-8-22)19(24)13-5-3-4-6-14(13)20/h3-6,11-12H,7-10H2,1-2H3. The van der Waals surface area contributed by atoms with Crippen LogP contribution in [0.15, 0.2) is 36.4 Å². The lowest BCUT2D eigenvalue weighted by Gasteiger charge is -2.37. The molecule has 2 aromatic carbocycles. The zero-order chi connectivity index (χ0) is 18.7. The first kappa shape index (κ1) is 18.7.